The number of carbonyl (C=O) groups excluding carboxylic acids is 2. The summed E-state index contributed by atoms with van der Waals surface area (Å²) in [4.78, 5) is 27.4. The highest BCUT2D eigenvalue weighted by Gasteiger charge is 2.32. The number of H-pyrrole nitrogens is 1. The van der Waals surface area contributed by atoms with E-state index in [1.54, 1.807) is 6.92 Å². The van der Waals surface area contributed by atoms with E-state index in [1.807, 2.05) is 24.3 Å². The predicted molar refractivity (Wildman–Crippen MR) is 83.7 cm³/mol. The Balaban J connectivity index is 2.02. The third-order valence-electron chi connectivity index (χ3n) is 4.22. The molecule has 0 amide bonds. The lowest BCUT2D eigenvalue weighted by Gasteiger charge is -2.22. The lowest BCUT2D eigenvalue weighted by Crippen LogP contribution is -2.18. The molecular formula is C17H16ClNO3. The molecule has 0 unspecified atom stereocenters. The number of carbonyl (C=O) groups is 2. The van der Waals surface area contributed by atoms with Gasteiger partial charge in [0.05, 0.1) is 7.11 Å². The van der Waals surface area contributed by atoms with Gasteiger partial charge in [0, 0.05) is 22.7 Å². The van der Waals surface area contributed by atoms with Crippen molar-refractivity contribution in [3.8, 4) is 0 Å². The van der Waals surface area contributed by atoms with E-state index >= 15 is 0 Å². The van der Waals surface area contributed by atoms with E-state index in [0.717, 1.165) is 11.3 Å². The first kappa shape index (κ1) is 14.9. The molecule has 0 saturated carbocycles. The van der Waals surface area contributed by atoms with Crippen LogP contribution >= 0.6 is 11.6 Å². The van der Waals surface area contributed by atoms with E-state index in [9.17, 15) is 9.59 Å². The van der Waals surface area contributed by atoms with Gasteiger partial charge in [-0.1, -0.05) is 29.8 Å². The Labute approximate surface area is 133 Å². The zero-order valence-electron chi connectivity index (χ0n) is 12.4. The summed E-state index contributed by atoms with van der Waals surface area (Å²) in [7, 11) is 1.33. The van der Waals surface area contributed by atoms with E-state index in [2.05, 4.69) is 4.98 Å². The largest absolute Gasteiger partial charge is 0.464 e. The Morgan fingerprint density at radius 3 is 2.73 bits per heavy atom. The molecule has 4 nitrogen and oxygen atoms in total. The number of hydrogen-bond acceptors (Lipinski definition) is 3. The molecule has 1 aliphatic rings. The molecule has 22 heavy (non-hydrogen) atoms. The van der Waals surface area contributed by atoms with Crippen LogP contribution < -0.4 is 0 Å². The highest BCUT2D eigenvalue weighted by molar-refractivity contribution is 6.31. The van der Waals surface area contributed by atoms with Crippen LogP contribution in [0.2, 0.25) is 5.02 Å². The molecular weight excluding hydrogens is 302 g/mol. The number of methoxy groups -OCH3 is 1. The average Bonchev–Trinajstić information content (AvgIpc) is 2.84. The number of aromatic amines is 1. The van der Waals surface area contributed by atoms with Crippen LogP contribution in [0.25, 0.3) is 0 Å². The van der Waals surface area contributed by atoms with Gasteiger partial charge in [-0.3, -0.25) is 4.79 Å². The number of ether oxygens (including phenoxy) is 1. The van der Waals surface area contributed by atoms with Crippen LogP contribution in [-0.2, 0) is 11.2 Å². The van der Waals surface area contributed by atoms with E-state index in [1.165, 1.54) is 7.11 Å². The molecule has 1 aromatic carbocycles. The van der Waals surface area contributed by atoms with Gasteiger partial charge in [0.25, 0.3) is 0 Å². The molecule has 5 heteroatoms. The van der Waals surface area contributed by atoms with E-state index < -0.39 is 5.97 Å². The maximum atomic E-state index is 12.5. The van der Waals surface area contributed by atoms with Gasteiger partial charge >= 0.3 is 5.97 Å². The smallest absolute Gasteiger partial charge is 0.354 e. The second-order valence-corrected chi connectivity index (χ2v) is 5.93. The molecule has 1 aliphatic carbocycles. The predicted octanol–water partition coefficient (Wildman–Crippen LogP) is 3.68. The first-order valence-electron chi connectivity index (χ1n) is 7.10. The van der Waals surface area contributed by atoms with Crippen LogP contribution in [0.1, 0.15) is 50.0 Å². The average molecular weight is 318 g/mol. The first-order valence-corrected chi connectivity index (χ1v) is 7.48. The number of benzene rings is 1. The summed E-state index contributed by atoms with van der Waals surface area (Å²) in [6, 6.07) is 7.57. The number of rotatable bonds is 2. The molecule has 1 atom stereocenters. The molecule has 1 aromatic heterocycles. The minimum Gasteiger partial charge on any atom is -0.464 e. The number of Topliss-reactive ketones (excluding diaryl/α,β-unsaturated/α-hetero) is 1. The Morgan fingerprint density at radius 1 is 1.32 bits per heavy atom. The van der Waals surface area contributed by atoms with Gasteiger partial charge < -0.3 is 9.72 Å². The molecule has 0 radical (unpaired) electrons. The van der Waals surface area contributed by atoms with Crippen molar-refractivity contribution in [1.29, 1.82) is 0 Å². The molecule has 1 heterocycles. The van der Waals surface area contributed by atoms with Gasteiger partial charge in [-0.15, -0.1) is 0 Å². The number of halogens is 1. The van der Waals surface area contributed by atoms with Crippen LogP contribution in [0.15, 0.2) is 24.3 Å². The Hall–Kier alpha value is -2.07. The topological polar surface area (TPSA) is 59.2 Å². The van der Waals surface area contributed by atoms with Crippen molar-refractivity contribution < 1.29 is 14.3 Å². The molecule has 2 aromatic rings. The number of hydrogen-bond donors (Lipinski definition) is 1. The maximum absolute atomic E-state index is 12.5. The van der Waals surface area contributed by atoms with Gasteiger partial charge in [0.15, 0.2) is 5.78 Å². The Kier molecular flexibility index (Phi) is 3.79. The summed E-state index contributed by atoms with van der Waals surface area (Å²) in [6.45, 7) is 1.77. The summed E-state index contributed by atoms with van der Waals surface area (Å²) >= 11 is 6.25. The number of nitrogens with one attached hydrogen (secondary N) is 1. The second-order valence-electron chi connectivity index (χ2n) is 5.52. The molecule has 0 fully saturated rings. The highest BCUT2D eigenvalue weighted by atomic mass is 35.5. The number of ketones is 1. The van der Waals surface area contributed by atoms with Crippen molar-refractivity contribution in [2.75, 3.05) is 7.11 Å². The zero-order chi connectivity index (χ0) is 15.9. The SMILES string of the molecule is COC(=O)c1[nH]c2c(c1C)C(=O)C[C@H](c1ccccc1Cl)C2. The number of esters is 1. The lowest BCUT2D eigenvalue weighted by atomic mass is 9.81. The molecule has 114 valence electrons. The first-order chi connectivity index (χ1) is 10.5. The van der Waals surface area contributed by atoms with Gasteiger partial charge in [-0.05, 0) is 36.5 Å². The van der Waals surface area contributed by atoms with Crippen LogP contribution in [-0.4, -0.2) is 23.8 Å². The quantitative estimate of drug-likeness (QED) is 0.860. The van der Waals surface area contributed by atoms with E-state index in [0.29, 0.717) is 34.7 Å². The Morgan fingerprint density at radius 2 is 2.05 bits per heavy atom. The molecule has 0 spiro atoms. The van der Waals surface area contributed by atoms with Crippen molar-refractivity contribution >= 4 is 23.4 Å². The summed E-state index contributed by atoms with van der Waals surface area (Å²) in [5, 5.41) is 0.667. The molecule has 0 bridgehead atoms. The van der Waals surface area contributed by atoms with Crippen molar-refractivity contribution in [3.63, 3.8) is 0 Å². The van der Waals surface area contributed by atoms with Crippen molar-refractivity contribution in [3.05, 3.63) is 57.4 Å². The fourth-order valence-corrected chi connectivity index (χ4v) is 3.46. The minimum atomic E-state index is -0.450. The second kappa shape index (κ2) is 5.61. The minimum absolute atomic E-state index is 0.0252. The third kappa shape index (κ3) is 2.33. The molecule has 1 N–H and O–H groups in total. The fourth-order valence-electron chi connectivity index (χ4n) is 3.17. The molecule has 3 rings (SSSR count). The zero-order valence-corrected chi connectivity index (χ0v) is 13.2. The van der Waals surface area contributed by atoms with Crippen molar-refractivity contribution in [2.24, 2.45) is 0 Å². The third-order valence-corrected chi connectivity index (χ3v) is 4.57. The summed E-state index contributed by atoms with van der Waals surface area (Å²) < 4.78 is 4.76. The highest BCUT2D eigenvalue weighted by Crippen LogP contribution is 2.37. The van der Waals surface area contributed by atoms with Crippen LogP contribution in [0.5, 0.6) is 0 Å². The maximum Gasteiger partial charge on any atom is 0.354 e. The van der Waals surface area contributed by atoms with Crippen LogP contribution in [0.4, 0.5) is 0 Å². The van der Waals surface area contributed by atoms with Crippen molar-refractivity contribution in [1.82, 2.24) is 4.98 Å². The summed E-state index contributed by atoms with van der Waals surface area (Å²) in [5.74, 6) is -0.388. The lowest BCUT2D eigenvalue weighted by molar-refractivity contribution is 0.0593. The summed E-state index contributed by atoms with van der Waals surface area (Å²) in [6.07, 6.45) is 1.05. The number of fused-ring (bicyclic) bond motifs is 1. The summed E-state index contributed by atoms with van der Waals surface area (Å²) in [5.41, 5.74) is 3.42. The van der Waals surface area contributed by atoms with Gasteiger partial charge in [0.1, 0.15) is 5.69 Å². The standard InChI is InChI=1S/C17H16ClNO3/c1-9-15-13(19-16(9)17(21)22-2)7-10(8-14(15)20)11-5-3-4-6-12(11)18/h3-6,10,19H,7-8H2,1-2H3/t10-/m1/s1. The van der Waals surface area contributed by atoms with E-state index in [4.69, 9.17) is 16.3 Å². The van der Waals surface area contributed by atoms with Crippen LogP contribution in [0.3, 0.4) is 0 Å². The normalized spacial score (nSPS) is 17.2. The van der Waals surface area contributed by atoms with E-state index in [-0.39, 0.29) is 11.7 Å². The Bertz CT molecular complexity index is 763. The van der Waals surface area contributed by atoms with Crippen molar-refractivity contribution in [2.45, 2.75) is 25.7 Å². The molecule has 0 aliphatic heterocycles. The van der Waals surface area contributed by atoms with Crippen LogP contribution in [0, 0.1) is 6.92 Å². The fraction of sp³-hybridized carbons (Fsp3) is 0.294. The number of aromatic nitrogens is 1. The van der Waals surface area contributed by atoms with Gasteiger partial charge in [-0.25, -0.2) is 4.79 Å². The monoisotopic (exact) mass is 317 g/mol. The van der Waals surface area contributed by atoms with Gasteiger partial charge in [0.2, 0.25) is 0 Å². The van der Waals surface area contributed by atoms with Gasteiger partial charge in [-0.2, -0.15) is 0 Å². The molecule has 0 saturated heterocycles.